The molecule has 6 heteroatoms. The Labute approximate surface area is 130 Å². The van der Waals surface area contributed by atoms with E-state index in [1.54, 1.807) is 0 Å². The van der Waals surface area contributed by atoms with Crippen molar-refractivity contribution in [2.45, 2.75) is 50.7 Å². The molecule has 0 aromatic heterocycles. The molecule has 1 aliphatic carbocycles. The van der Waals surface area contributed by atoms with Crippen LogP contribution in [0.2, 0.25) is 0 Å². The zero-order valence-electron chi connectivity index (χ0n) is 12.6. The maximum atomic E-state index is 11.9. The van der Waals surface area contributed by atoms with E-state index in [4.69, 9.17) is 15.9 Å². The Morgan fingerprint density at radius 2 is 2.14 bits per heavy atom. The van der Waals surface area contributed by atoms with Crippen molar-refractivity contribution in [3.8, 4) is 12.3 Å². The van der Waals surface area contributed by atoms with Crippen LogP contribution in [0, 0.1) is 24.2 Å². The van der Waals surface area contributed by atoms with Gasteiger partial charge in [0, 0.05) is 19.6 Å². The number of aliphatic carboxylic acids is 1. The van der Waals surface area contributed by atoms with Crippen LogP contribution in [0.1, 0.15) is 38.5 Å². The van der Waals surface area contributed by atoms with E-state index < -0.39 is 18.1 Å². The van der Waals surface area contributed by atoms with Gasteiger partial charge in [-0.25, -0.2) is 9.59 Å². The van der Waals surface area contributed by atoms with E-state index in [0.717, 1.165) is 25.7 Å². The van der Waals surface area contributed by atoms with Crippen LogP contribution >= 0.6 is 0 Å². The van der Waals surface area contributed by atoms with Gasteiger partial charge in [-0.3, -0.25) is 0 Å². The van der Waals surface area contributed by atoms with Crippen LogP contribution in [0.4, 0.5) is 4.79 Å². The number of unbranched alkanes of at least 4 members (excludes halogenated alkanes) is 1. The fourth-order valence-electron chi connectivity index (χ4n) is 2.86. The fraction of sp³-hybridized carbons (Fsp3) is 0.750. The zero-order chi connectivity index (χ0) is 15.9. The summed E-state index contributed by atoms with van der Waals surface area (Å²) >= 11 is 0. The van der Waals surface area contributed by atoms with Gasteiger partial charge in [0.05, 0.1) is 0 Å². The number of carbonyl (C=O) groups is 2. The molecule has 1 saturated carbocycles. The Morgan fingerprint density at radius 1 is 1.41 bits per heavy atom. The Kier molecular flexibility index (Phi) is 6.08. The van der Waals surface area contributed by atoms with Crippen molar-refractivity contribution in [3.05, 3.63) is 0 Å². The monoisotopic (exact) mass is 309 g/mol. The molecule has 1 saturated heterocycles. The second-order valence-corrected chi connectivity index (χ2v) is 5.95. The van der Waals surface area contributed by atoms with E-state index in [0.29, 0.717) is 32.0 Å². The lowest BCUT2D eigenvalue weighted by molar-refractivity contribution is -0.141. The molecular formula is C16H23NO5. The number of rotatable bonds is 7. The number of terminal acetylenes is 1. The third kappa shape index (κ3) is 4.92. The van der Waals surface area contributed by atoms with Crippen molar-refractivity contribution in [1.29, 1.82) is 0 Å². The van der Waals surface area contributed by atoms with Crippen molar-refractivity contribution >= 4 is 12.1 Å². The number of hydrogen-bond donors (Lipinski definition) is 2. The molecule has 0 aromatic rings. The number of carboxylic acid groups (broad SMARTS) is 1. The van der Waals surface area contributed by atoms with E-state index in [9.17, 15) is 14.7 Å². The summed E-state index contributed by atoms with van der Waals surface area (Å²) in [6.07, 6.45) is 9.19. The van der Waals surface area contributed by atoms with Gasteiger partial charge in [-0.2, -0.15) is 0 Å². The lowest BCUT2D eigenvalue weighted by atomic mass is 9.92. The van der Waals surface area contributed by atoms with E-state index >= 15 is 0 Å². The van der Waals surface area contributed by atoms with Crippen LogP contribution < -0.4 is 5.32 Å². The van der Waals surface area contributed by atoms with Gasteiger partial charge in [0.15, 0.2) is 0 Å². The number of amides is 1. The van der Waals surface area contributed by atoms with Gasteiger partial charge in [-0.15, -0.1) is 12.3 Å². The summed E-state index contributed by atoms with van der Waals surface area (Å²) in [6, 6.07) is -0.907. The highest BCUT2D eigenvalue weighted by molar-refractivity contribution is 5.80. The molecule has 0 spiro atoms. The van der Waals surface area contributed by atoms with Gasteiger partial charge in [0.2, 0.25) is 0 Å². The smallest absolute Gasteiger partial charge is 0.408 e. The Balaban J connectivity index is 1.73. The highest BCUT2D eigenvalue weighted by atomic mass is 16.6. The lowest BCUT2D eigenvalue weighted by Gasteiger charge is -2.27. The first-order valence-electron chi connectivity index (χ1n) is 7.83. The average molecular weight is 309 g/mol. The molecule has 2 aliphatic rings. The molecule has 3 atom stereocenters. The molecular weight excluding hydrogens is 286 g/mol. The van der Waals surface area contributed by atoms with E-state index in [1.165, 1.54) is 0 Å². The predicted molar refractivity (Wildman–Crippen MR) is 79.2 cm³/mol. The third-order valence-corrected chi connectivity index (χ3v) is 4.29. The Bertz CT molecular complexity index is 438. The minimum Gasteiger partial charge on any atom is -0.480 e. The van der Waals surface area contributed by atoms with Gasteiger partial charge >= 0.3 is 12.1 Å². The number of carboxylic acids is 1. The summed E-state index contributed by atoms with van der Waals surface area (Å²) in [7, 11) is 0. The number of nitrogens with one attached hydrogen (secondary N) is 1. The van der Waals surface area contributed by atoms with Crippen molar-refractivity contribution in [3.63, 3.8) is 0 Å². The number of ether oxygens (including phenoxy) is 2. The highest BCUT2D eigenvalue weighted by Crippen LogP contribution is 2.38. The van der Waals surface area contributed by atoms with Crippen LogP contribution in [-0.2, 0) is 14.3 Å². The molecule has 0 aromatic carbocycles. The molecule has 6 nitrogen and oxygen atoms in total. The second kappa shape index (κ2) is 8.04. The maximum absolute atomic E-state index is 11.9. The Hall–Kier alpha value is -1.74. The normalized spacial score (nSPS) is 25.8. The summed E-state index contributed by atoms with van der Waals surface area (Å²) in [6.45, 7) is 1.07. The largest absolute Gasteiger partial charge is 0.480 e. The average Bonchev–Trinajstić information content (AvgIpc) is 3.23. The molecule has 2 fully saturated rings. The van der Waals surface area contributed by atoms with E-state index in [1.807, 2.05) is 0 Å². The molecule has 0 radical (unpaired) electrons. The van der Waals surface area contributed by atoms with Crippen LogP contribution in [0.15, 0.2) is 0 Å². The van der Waals surface area contributed by atoms with Gasteiger partial charge in [0.25, 0.3) is 0 Å². The first-order valence-corrected chi connectivity index (χ1v) is 7.83. The minimum atomic E-state index is -1.02. The Morgan fingerprint density at radius 3 is 2.77 bits per heavy atom. The van der Waals surface area contributed by atoms with E-state index in [-0.39, 0.29) is 12.0 Å². The number of carbonyl (C=O) groups excluding carboxylic acids is 1. The molecule has 1 aliphatic heterocycles. The van der Waals surface area contributed by atoms with Gasteiger partial charge in [-0.05, 0) is 43.9 Å². The maximum Gasteiger partial charge on any atom is 0.408 e. The first kappa shape index (κ1) is 16.6. The summed E-state index contributed by atoms with van der Waals surface area (Å²) < 4.78 is 10.5. The molecule has 1 heterocycles. The van der Waals surface area contributed by atoms with Gasteiger partial charge in [0.1, 0.15) is 12.1 Å². The summed E-state index contributed by atoms with van der Waals surface area (Å²) in [4.78, 5) is 23.2. The SMILES string of the molecule is C#CCCC[C@@H]1CC1OC(=O)N[C@H](C(=O)O)C1CCOCC1. The van der Waals surface area contributed by atoms with Crippen molar-refractivity contribution < 1.29 is 24.2 Å². The molecule has 2 N–H and O–H groups in total. The number of hydrogen-bond acceptors (Lipinski definition) is 4. The van der Waals surface area contributed by atoms with Gasteiger partial charge < -0.3 is 19.9 Å². The van der Waals surface area contributed by atoms with E-state index in [2.05, 4.69) is 11.2 Å². The fourth-order valence-corrected chi connectivity index (χ4v) is 2.86. The molecule has 2 rings (SSSR count). The van der Waals surface area contributed by atoms with Crippen molar-refractivity contribution in [2.75, 3.05) is 13.2 Å². The minimum absolute atomic E-state index is 0.0955. The summed E-state index contributed by atoms with van der Waals surface area (Å²) in [5, 5.41) is 11.8. The highest BCUT2D eigenvalue weighted by Gasteiger charge is 2.41. The second-order valence-electron chi connectivity index (χ2n) is 5.95. The van der Waals surface area contributed by atoms with Crippen LogP contribution in [0.25, 0.3) is 0 Å². The lowest BCUT2D eigenvalue weighted by Crippen LogP contribution is -2.47. The molecule has 122 valence electrons. The van der Waals surface area contributed by atoms with Crippen LogP contribution in [0.5, 0.6) is 0 Å². The quantitative estimate of drug-likeness (QED) is 0.553. The first-order chi connectivity index (χ1) is 10.6. The molecule has 1 amide bonds. The van der Waals surface area contributed by atoms with Crippen molar-refractivity contribution in [1.82, 2.24) is 5.32 Å². The molecule has 0 bridgehead atoms. The molecule has 1 unspecified atom stereocenters. The summed E-state index contributed by atoms with van der Waals surface area (Å²) in [5.41, 5.74) is 0. The zero-order valence-corrected chi connectivity index (χ0v) is 12.6. The summed E-state index contributed by atoms with van der Waals surface area (Å²) in [5.74, 6) is 1.82. The molecule has 22 heavy (non-hydrogen) atoms. The van der Waals surface area contributed by atoms with Crippen molar-refractivity contribution in [2.24, 2.45) is 11.8 Å². The number of alkyl carbamates (subject to hydrolysis) is 1. The standard InChI is InChI=1S/C16H23NO5/c1-2-3-4-5-12-10-13(12)22-16(20)17-14(15(18)19)11-6-8-21-9-7-11/h1,11-14H,3-10H2,(H,17,20)(H,18,19)/t12-,13?,14+/m1/s1. The third-order valence-electron chi connectivity index (χ3n) is 4.29. The predicted octanol–water partition coefficient (Wildman–Crippen LogP) is 1.78. The topological polar surface area (TPSA) is 84.9 Å². The van der Waals surface area contributed by atoms with Crippen LogP contribution in [-0.4, -0.2) is 42.5 Å². The van der Waals surface area contributed by atoms with Crippen LogP contribution in [0.3, 0.4) is 0 Å². The van der Waals surface area contributed by atoms with Gasteiger partial charge in [-0.1, -0.05) is 0 Å².